The summed E-state index contributed by atoms with van der Waals surface area (Å²) >= 11 is 0. The SMILES string of the molecule is CCC(CNC(=O)c1ccn[nH]1)CN1CCc2ccccc2C1. The Morgan fingerprint density at radius 1 is 1.35 bits per heavy atom. The molecule has 1 amide bonds. The van der Waals surface area contributed by atoms with Crippen LogP contribution in [0.5, 0.6) is 0 Å². The number of hydrogen-bond acceptors (Lipinski definition) is 3. The Labute approximate surface area is 137 Å². The molecule has 1 aliphatic rings. The van der Waals surface area contributed by atoms with Crippen LogP contribution in [-0.4, -0.2) is 40.6 Å². The van der Waals surface area contributed by atoms with Crippen LogP contribution in [0.3, 0.4) is 0 Å². The highest BCUT2D eigenvalue weighted by atomic mass is 16.1. The molecule has 2 heterocycles. The summed E-state index contributed by atoms with van der Waals surface area (Å²) in [6.45, 7) is 6.02. The minimum absolute atomic E-state index is 0.0788. The van der Waals surface area contributed by atoms with Crippen molar-refractivity contribution < 1.29 is 4.79 Å². The third-order valence-corrected chi connectivity index (χ3v) is 4.60. The van der Waals surface area contributed by atoms with E-state index in [0.29, 0.717) is 18.2 Å². The smallest absolute Gasteiger partial charge is 0.269 e. The summed E-state index contributed by atoms with van der Waals surface area (Å²) in [6, 6.07) is 10.4. The van der Waals surface area contributed by atoms with E-state index in [4.69, 9.17) is 0 Å². The molecule has 0 saturated heterocycles. The van der Waals surface area contributed by atoms with Gasteiger partial charge in [0.2, 0.25) is 0 Å². The maximum Gasteiger partial charge on any atom is 0.269 e. The first-order chi connectivity index (χ1) is 11.3. The fourth-order valence-electron chi connectivity index (χ4n) is 3.13. The minimum Gasteiger partial charge on any atom is -0.350 e. The molecule has 0 aliphatic carbocycles. The largest absolute Gasteiger partial charge is 0.350 e. The molecule has 2 aromatic rings. The summed E-state index contributed by atoms with van der Waals surface area (Å²) in [5, 5.41) is 9.52. The van der Waals surface area contributed by atoms with Crippen LogP contribution in [0.1, 0.15) is 35.0 Å². The second-order valence-corrected chi connectivity index (χ2v) is 6.21. The number of nitrogens with zero attached hydrogens (tertiary/aromatic N) is 2. The monoisotopic (exact) mass is 312 g/mol. The van der Waals surface area contributed by atoms with E-state index in [1.807, 2.05) is 0 Å². The molecule has 122 valence electrons. The van der Waals surface area contributed by atoms with Crippen molar-refractivity contribution in [3.63, 3.8) is 0 Å². The predicted octanol–water partition coefficient (Wildman–Crippen LogP) is 2.22. The van der Waals surface area contributed by atoms with Crippen molar-refractivity contribution in [2.75, 3.05) is 19.6 Å². The summed E-state index contributed by atoms with van der Waals surface area (Å²) < 4.78 is 0. The Kier molecular flexibility index (Phi) is 5.08. The summed E-state index contributed by atoms with van der Waals surface area (Å²) in [4.78, 5) is 14.5. The Morgan fingerprint density at radius 3 is 2.91 bits per heavy atom. The molecule has 1 aliphatic heterocycles. The van der Waals surface area contributed by atoms with Crippen molar-refractivity contribution >= 4 is 5.91 Å². The highest BCUT2D eigenvalue weighted by Gasteiger charge is 2.19. The Hall–Kier alpha value is -2.14. The fourth-order valence-corrected chi connectivity index (χ4v) is 3.13. The molecule has 1 atom stereocenters. The molecule has 0 fully saturated rings. The van der Waals surface area contributed by atoms with Gasteiger partial charge >= 0.3 is 0 Å². The molecule has 1 unspecified atom stereocenters. The number of aromatic nitrogens is 2. The van der Waals surface area contributed by atoms with E-state index >= 15 is 0 Å². The second kappa shape index (κ2) is 7.42. The molecule has 5 nitrogen and oxygen atoms in total. The molecule has 0 radical (unpaired) electrons. The zero-order chi connectivity index (χ0) is 16.1. The second-order valence-electron chi connectivity index (χ2n) is 6.21. The van der Waals surface area contributed by atoms with Crippen molar-refractivity contribution in [3.8, 4) is 0 Å². The Morgan fingerprint density at radius 2 is 2.17 bits per heavy atom. The van der Waals surface area contributed by atoms with Crippen LogP contribution in [-0.2, 0) is 13.0 Å². The summed E-state index contributed by atoms with van der Waals surface area (Å²) in [5.74, 6) is 0.386. The summed E-state index contributed by atoms with van der Waals surface area (Å²) in [7, 11) is 0. The topological polar surface area (TPSA) is 61.0 Å². The number of hydrogen-bond donors (Lipinski definition) is 2. The number of carbonyl (C=O) groups excluding carboxylic acids is 1. The van der Waals surface area contributed by atoms with Gasteiger partial charge < -0.3 is 5.32 Å². The third-order valence-electron chi connectivity index (χ3n) is 4.60. The van der Waals surface area contributed by atoms with Crippen molar-refractivity contribution in [2.45, 2.75) is 26.3 Å². The number of fused-ring (bicyclic) bond motifs is 1. The van der Waals surface area contributed by atoms with Crippen LogP contribution in [0.15, 0.2) is 36.5 Å². The first-order valence-corrected chi connectivity index (χ1v) is 8.33. The van der Waals surface area contributed by atoms with E-state index in [2.05, 4.69) is 51.6 Å². The predicted molar refractivity (Wildman–Crippen MR) is 90.1 cm³/mol. The fraction of sp³-hybridized carbons (Fsp3) is 0.444. The first kappa shape index (κ1) is 15.7. The Bertz CT molecular complexity index is 638. The van der Waals surface area contributed by atoms with E-state index in [1.54, 1.807) is 12.3 Å². The molecule has 1 aromatic heterocycles. The van der Waals surface area contributed by atoms with Gasteiger partial charge in [-0.1, -0.05) is 37.6 Å². The van der Waals surface area contributed by atoms with Gasteiger partial charge in [-0.15, -0.1) is 0 Å². The van der Waals surface area contributed by atoms with E-state index in [-0.39, 0.29) is 5.91 Å². The minimum atomic E-state index is -0.0788. The summed E-state index contributed by atoms with van der Waals surface area (Å²) in [5.41, 5.74) is 3.44. The van der Waals surface area contributed by atoms with Crippen LogP contribution in [0, 0.1) is 5.92 Å². The maximum absolute atomic E-state index is 12.0. The lowest BCUT2D eigenvalue weighted by molar-refractivity contribution is 0.0935. The van der Waals surface area contributed by atoms with Gasteiger partial charge in [0.1, 0.15) is 5.69 Å². The molecular weight excluding hydrogens is 288 g/mol. The lowest BCUT2D eigenvalue weighted by Crippen LogP contribution is -2.39. The molecule has 0 bridgehead atoms. The van der Waals surface area contributed by atoms with Gasteiger partial charge in [0.25, 0.3) is 5.91 Å². The number of rotatable bonds is 6. The number of aromatic amines is 1. The van der Waals surface area contributed by atoms with Crippen LogP contribution in [0.4, 0.5) is 0 Å². The van der Waals surface area contributed by atoms with Crippen LogP contribution in [0.25, 0.3) is 0 Å². The first-order valence-electron chi connectivity index (χ1n) is 8.33. The average Bonchev–Trinajstić information content (AvgIpc) is 3.13. The molecule has 3 rings (SSSR count). The number of benzene rings is 1. The third kappa shape index (κ3) is 3.99. The average molecular weight is 312 g/mol. The zero-order valence-electron chi connectivity index (χ0n) is 13.6. The van der Waals surface area contributed by atoms with Crippen LogP contribution in [0.2, 0.25) is 0 Å². The van der Waals surface area contributed by atoms with E-state index < -0.39 is 0 Å². The van der Waals surface area contributed by atoms with E-state index in [1.165, 1.54) is 11.1 Å². The molecule has 0 spiro atoms. The van der Waals surface area contributed by atoms with Crippen molar-refractivity contribution in [3.05, 3.63) is 53.3 Å². The van der Waals surface area contributed by atoms with Gasteiger partial charge in [-0.05, 0) is 29.5 Å². The maximum atomic E-state index is 12.0. The lowest BCUT2D eigenvalue weighted by atomic mass is 9.98. The normalized spacial score (nSPS) is 15.9. The van der Waals surface area contributed by atoms with Gasteiger partial charge in [-0.3, -0.25) is 14.8 Å². The van der Waals surface area contributed by atoms with E-state index in [0.717, 1.165) is 32.5 Å². The van der Waals surface area contributed by atoms with Crippen LogP contribution < -0.4 is 5.32 Å². The lowest BCUT2D eigenvalue weighted by Gasteiger charge is -2.31. The van der Waals surface area contributed by atoms with Gasteiger partial charge in [0.15, 0.2) is 0 Å². The summed E-state index contributed by atoms with van der Waals surface area (Å²) in [6.07, 6.45) is 3.77. The van der Waals surface area contributed by atoms with Crippen molar-refractivity contribution in [2.24, 2.45) is 5.92 Å². The van der Waals surface area contributed by atoms with Crippen LogP contribution >= 0.6 is 0 Å². The molecular formula is C18H24N4O. The van der Waals surface area contributed by atoms with Crippen molar-refractivity contribution in [1.82, 2.24) is 20.4 Å². The molecule has 0 saturated carbocycles. The standard InChI is InChI=1S/C18H24N4O/c1-2-14(11-19-18(23)17-7-9-20-21-17)12-22-10-8-15-5-3-4-6-16(15)13-22/h3-7,9,14H,2,8,10-13H2,1H3,(H,19,23)(H,20,21). The number of amides is 1. The van der Waals surface area contributed by atoms with Gasteiger partial charge in [-0.25, -0.2) is 0 Å². The van der Waals surface area contributed by atoms with E-state index in [9.17, 15) is 4.79 Å². The zero-order valence-corrected chi connectivity index (χ0v) is 13.6. The molecule has 1 aromatic carbocycles. The number of carbonyl (C=O) groups is 1. The molecule has 23 heavy (non-hydrogen) atoms. The number of nitrogens with one attached hydrogen (secondary N) is 2. The highest BCUT2D eigenvalue weighted by molar-refractivity contribution is 5.92. The quantitative estimate of drug-likeness (QED) is 0.860. The molecule has 2 N–H and O–H groups in total. The van der Waals surface area contributed by atoms with Crippen molar-refractivity contribution in [1.29, 1.82) is 0 Å². The number of H-pyrrole nitrogens is 1. The Balaban J connectivity index is 1.51. The van der Waals surface area contributed by atoms with Gasteiger partial charge in [0, 0.05) is 32.4 Å². The molecule has 5 heteroatoms. The van der Waals surface area contributed by atoms with Gasteiger partial charge in [-0.2, -0.15) is 5.10 Å². The van der Waals surface area contributed by atoms with Gasteiger partial charge in [0.05, 0.1) is 0 Å². The highest BCUT2D eigenvalue weighted by Crippen LogP contribution is 2.19.